The van der Waals surface area contributed by atoms with E-state index in [4.69, 9.17) is 4.74 Å². The number of hydrogen-bond acceptors (Lipinski definition) is 5. The second-order valence-corrected chi connectivity index (χ2v) is 8.32. The van der Waals surface area contributed by atoms with E-state index in [0.717, 1.165) is 0 Å². The number of hydrogen-bond donors (Lipinski definition) is 2. The maximum Gasteiger partial charge on any atom is 0.251 e. The van der Waals surface area contributed by atoms with Crippen molar-refractivity contribution in [3.05, 3.63) is 54.1 Å². The van der Waals surface area contributed by atoms with Gasteiger partial charge in [0.25, 0.3) is 5.91 Å². The standard InChI is InChI=1S/C19H22N2O5S/c1-26-17-5-7-18(8-6-17)27(24,25)21-11-9-15(10-12-21)20-19(23)14-3-2-4-16(22)13-14/h2-8,13,15,22H,9-12H2,1H3,(H,20,23). The van der Waals surface area contributed by atoms with Gasteiger partial charge in [-0.2, -0.15) is 4.31 Å². The van der Waals surface area contributed by atoms with Crippen LogP contribution in [0.1, 0.15) is 23.2 Å². The molecule has 1 heterocycles. The Bertz CT molecular complexity index is 904. The minimum atomic E-state index is -3.56. The molecule has 1 aliphatic rings. The molecule has 0 saturated carbocycles. The molecular formula is C19H22N2O5S. The number of piperidine rings is 1. The van der Waals surface area contributed by atoms with Gasteiger partial charge in [0.05, 0.1) is 12.0 Å². The number of nitrogens with zero attached hydrogens (tertiary/aromatic N) is 1. The van der Waals surface area contributed by atoms with Crippen molar-refractivity contribution >= 4 is 15.9 Å². The van der Waals surface area contributed by atoms with E-state index in [1.54, 1.807) is 24.3 Å². The van der Waals surface area contributed by atoms with Crippen molar-refractivity contribution in [3.63, 3.8) is 0 Å². The molecule has 1 amide bonds. The molecule has 1 saturated heterocycles. The summed E-state index contributed by atoms with van der Waals surface area (Å²) in [5.74, 6) is 0.354. The fourth-order valence-electron chi connectivity index (χ4n) is 3.05. The second kappa shape index (κ2) is 7.98. The van der Waals surface area contributed by atoms with Gasteiger partial charge in [0.15, 0.2) is 0 Å². The van der Waals surface area contributed by atoms with Gasteiger partial charge >= 0.3 is 0 Å². The van der Waals surface area contributed by atoms with Crippen LogP contribution in [0.3, 0.4) is 0 Å². The van der Waals surface area contributed by atoms with Crippen molar-refractivity contribution in [2.45, 2.75) is 23.8 Å². The van der Waals surface area contributed by atoms with Crippen LogP contribution in [0.5, 0.6) is 11.5 Å². The summed E-state index contributed by atoms with van der Waals surface area (Å²) in [4.78, 5) is 12.5. The lowest BCUT2D eigenvalue weighted by Gasteiger charge is -2.31. The highest BCUT2D eigenvalue weighted by Gasteiger charge is 2.30. The molecule has 27 heavy (non-hydrogen) atoms. The average Bonchev–Trinajstić information content (AvgIpc) is 2.68. The van der Waals surface area contributed by atoms with E-state index < -0.39 is 10.0 Å². The number of carbonyl (C=O) groups excluding carboxylic acids is 1. The zero-order valence-electron chi connectivity index (χ0n) is 15.0. The summed E-state index contributed by atoms with van der Waals surface area (Å²) in [6.07, 6.45) is 1.06. The molecule has 2 aromatic rings. The van der Waals surface area contributed by atoms with Gasteiger partial charge in [-0.25, -0.2) is 8.42 Å². The maximum absolute atomic E-state index is 12.7. The molecule has 2 N–H and O–H groups in total. The summed E-state index contributed by atoms with van der Waals surface area (Å²) in [6.45, 7) is 0.665. The number of carbonyl (C=O) groups is 1. The normalized spacial score (nSPS) is 16.0. The Morgan fingerprint density at radius 1 is 1.15 bits per heavy atom. The highest BCUT2D eigenvalue weighted by atomic mass is 32.2. The largest absolute Gasteiger partial charge is 0.508 e. The molecule has 0 unspecified atom stereocenters. The fraction of sp³-hybridized carbons (Fsp3) is 0.316. The van der Waals surface area contributed by atoms with Gasteiger partial charge in [0, 0.05) is 24.7 Å². The predicted octanol–water partition coefficient (Wildman–Crippen LogP) is 1.98. The SMILES string of the molecule is COc1ccc(S(=O)(=O)N2CCC(NC(=O)c3cccc(O)c3)CC2)cc1. The quantitative estimate of drug-likeness (QED) is 0.814. The Morgan fingerprint density at radius 3 is 2.41 bits per heavy atom. The lowest BCUT2D eigenvalue weighted by Crippen LogP contribution is -2.46. The molecular weight excluding hydrogens is 368 g/mol. The van der Waals surface area contributed by atoms with E-state index in [0.29, 0.717) is 37.2 Å². The number of phenols is 1. The first-order valence-electron chi connectivity index (χ1n) is 8.64. The molecule has 3 rings (SSSR count). The first-order chi connectivity index (χ1) is 12.9. The van der Waals surface area contributed by atoms with E-state index in [-0.39, 0.29) is 22.6 Å². The van der Waals surface area contributed by atoms with E-state index in [2.05, 4.69) is 5.32 Å². The third-order valence-corrected chi connectivity index (χ3v) is 6.51. The number of sulfonamides is 1. The second-order valence-electron chi connectivity index (χ2n) is 6.38. The Morgan fingerprint density at radius 2 is 1.81 bits per heavy atom. The number of ether oxygens (including phenoxy) is 1. The van der Waals surface area contributed by atoms with Gasteiger partial charge < -0.3 is 15.2 Å². The van der Waals surface area contributed by atoms with Crippen molar-refractivity contribution in [1.82, 2.24) is 9.62 Å². The molecule has 0 aliphatic carbocycles. The lowest BCUT2D eigenvalue weighted by atomic mass is 10.1. The lowest BCUT2D eigenvalue weighted by molar-refractivity contribution is 0.0923. The van der Waals surface area contributed by atoms with Crippen LogP contribution in [-0.2, 0) is 10.0 Å². The van der Waals surface area contributed by atoms with Crippen molar-refractivity contribution in [3.8, 4) is 11.5 Å². The van der Waals surface area contributed by atoms with Crippen LogP contribution in [0.25, 0.3) is 0 Å². The molecule has 144 valence electrons. The van der Waals surface area contributed by atoms with E-state index in [1.807, 2.05) is 0 Å². The number of amides is 1. The number of nitrogens with one attached hydrogen (secondary N) is 1. The molecule has 0 aromatic heterocycles. The summed E-state index contributed by atoms with van der Waals surface area (Å²) < 4.78 is 32.0. The number of methoxy groups -OCH3 is 1. The first-order valence-corrected chi connectivity index (χ1v) is 10.1. The number of benzene rings is 2. The minimum absolute atomic E-state index is 0.0306. The van der Waals surface area contributed by atoms with E-state index >= 15 is 0 Å². The highest BCUT2D eigenvalue weighted by molar-refractivity contribution is 7.89. The van der Waals surface area contributed by atoms with Gasteiger partial charge in [-0.05, 0) is 55.3 Å². The monoisotopic (exact) mass is 390 g/mol. The Hall–Kier alpha value is -2.58. The van der Waals surface area contributed by atoms with Crippen LogP contribution < -0.4 is 10.1 Å². The molecule has 8 heteroatoms. The summed E-state index contributed by atoms with van der Waals surface area (Å²) >= 11 is 0. The topological polar surface area (TPSA) is 95.9 Å². The Balaban J connectivity index is 1.60. The predicted molar refractivity (Wildman–Crippen MR) is 100 cm³/mol. The highest BCUT2D eigenvalue weighted by Crippen LogP contribution is 2.23. The molecule has 1 fully saturated rings. The maximum atomic E-state index is 12.7. The molecule has 2 aromatic carbocycles. The summed E-state index contributed by atoms with van der Waals surface area (Å²) in [5.41, 5.74) is 0.378. The van der Waals surface area contributed by atoms with Crippen molar-refractivity contribution in [1.29, 1.82) is 0 Å². The van der Waals surface area contributed by atoms with Gasteiger partial charge in [-0.3, -0.25) is 4.79 Å². The molecule has 1 aliphatic heterocycles. The van der Waals surface area contributed by atoms with Crippen molar-refractivity contribution in [2.75, 3.05) is 20.2 Å². The van der Waals surface area contributed by atoms with Crippen LogP contribution in [0.15, 0.2) is 53.4 Å². The molecule has 7 nitrogen and oxygen atoms in total. The Kier molecular flexibility index (Phi) is 5.67. The number of rotatable bonds is 5. The van der Waals surface area contributed by atoms with Crippen molar-refractivity contribution in [2.24, 2.45) is 0 Å². The van der Waals surface area contributed by atoms with Crippen LogP contribution in [0.4, 0.5) is 0 Å². The summed E-state index contributed by atoms with van der Waals surface area (Å²) in [5, 5.41) is 12.4. The van der Waals surface area contributed by atoms with Crippen molar-refractivity contribution < 1.29 is 23.1 Å². The number of phenolic OH excluding ortho intramolecular Hbond substituents is 1. The van der Waals surface area contributed by atoms with Gasteiger partial charge in [-0.15, -0.1) is 0 Å². The fourth-order valence-corrected chi connectivity index (χ4v) is 4.52. The van der Waals surface area contributed by atoms with Gasteiger partial charge in [0.2, 0.25) is 10.0 Å². The molecule has 0 radical (unpaired) electrons. The van der Waals surface area contributed by atoms with Crippen LogP contribution in [-0.4, -0.2) is 50.0 Å². The molecule has 0 spiro atoms. The summed E-state index contributed by atoms with van der Waals surface area (Å²) in [6, 6.07) is 12.3. The average molecular weight is 390 g/mol. The van der Waals surface area contributed by atoms with E-state index in [1.165, 1.54) is 35.7 Å². The van der Waals surface area contributed by atoms with Crippen LogP contribution in [0.2, 0.25) is 0 Å². The zero-order chi connectivity index (χ0) is 19.4. The number of aromatic hydroxyl groups is 1. The molecule has 0 bridgehead atoms. The van der Waals surface area contributed by atoms with Crippen LogP contribution in [0, 0.1) is 0 Å². The van der Waals surface area contributed by atoms with E-state index in [9.17, 15) is 18.3 Å². The minimum Gasteiger partial charge on any atom is -0.508 e. The third-order valence-electron chi connectivity index (χ3n) is 4.59. The summed E-state index contributed by atoms with van der Waals surface area (Å²) in [7, 11) is -2.04. The van der Waals surface area contributed by atoms with Gasteiger partial charge in [0.1, 0.15) is 11.5 Å². The Labute approximate surface area is 158 Å². The van der Waals surface area contributed by atoms with Crippen LogP contribution >= 0.6 is 0 Å². The third kappa shape index (κ3) is 4.40. The molecule has 0 atom stereocenters. The smallest absolute Gasteiger partial charge is 0.251 e. The first kappa shape index (κ1) is 19.2. The zero-order valence-corrected chi connectivity index (χ0v) is 15.8. The van der Waals surface area contributed by atoms with Gasteiger partial charge in [-0.1, -0.05) is 6.07 Å².